The minimum absolute atomic E-state index is 0.0336. The zero-order valence-corrected chi connectivity index (χ0v) is 9.21. The number of benzene rings is 1. The molecule has 4 heteroatoms. The summed E-state index contributed by atoms with van der Waals surface area (Å²) in [7, 11) is 0. The highest BCUT2D eigenvalue weighted by molar-refractivity contribution is 5.64. The summed E-state index contributed by atoms with van der Waals surface area (Å²) in [6.45, 7) is 3.63. The summed E-state index contributed by atoms with van der Waals surface area (Å²) in [5.41, 5.74) is 0.656. The van der Waals surface area contributed by atoms with Crippen LogP contribution in [0, 0.1) is 10.1 Å². The molecule has 16 heavy (non-hydrogen) atoms. The molecule has 1 aromatic rings. The third-order valence-corrected chi connectivity index (χ3v) is 1.89. The van der Waals surface area contributed by atoms with E-state index in [2.05, 4.69) is 0 Å². The summed E-state index contributed by atoms with van der Waals surface area (Å²) in [6, 6.07) is 4.83. The molecule has 0 aliphatic heterocycles. The second-order valence-corrected chi connectivity index (χ2v) is 3.04. The number of rotatable bonds is 4. The van der Waals surface area contributed by atoms with E-state index in [0.29, 0.717) is 5.56 Å². The molecule has 0 bridgehead atoms. The van der Waals surface area contributed by atoms with Gasteiger partial charge in [-0.15, -0.1) is 0 Å². The largest absolute Gasteiger partial charge is 0.457 e. The lowest BCUT2D eigenvalue weighted by molar-refractivity contribution is -0.385. The fourth-order valence-corrected chi connectivity index (χ4v) is 1.26. The summed E-state index contributed by atoms with van der Waals surface area (Å²) < 4.78 is 5.26. The molecular weight excluding hydrogens is 206 g/mol. The maximum Gasteiger partial charge on any atom is 0.312 e. The zero-order valence-electron chi connectivity index (χ0n) is 9.21. The van der Waals surface area contributed by atoms with Crippen molar-refractivity contribution in [3.63, 3.8) is 0 Å². The van der Waals surface area contributed by atoms with Crippen LogP contribution in [0.25, 0.3) is 6.08 Å². The van der Waals surface area contributed by atoms with Gasteiger partial charge in [0.25, 0.3) is 0 Å². The lowest BCUT2D eigenvalue weighted by Crippen LogP contribution is -1.94. The van der Waals surface area contributed by atoms with Crippen LogP contribution in [0.3, 0.4) is 0 Å². The van der Waals surface area contributed by atoms with Crippen molar-refractivity contribution < 1.29 is 9.66 Å². The topological polar surface area (TPSA) is 52.4 Å². The summed E-state index contributed by atoms with van der Waals surface area (Å²) >= 11 is 0. The van der Waals surface area contributed by atoms with Gasteiger partial charge >= 0.3 is 5.69 Å². The Labute approximate surface area is 94.0 Å². The number of allylic oxidation sites excluding steroid dienone is 2. The van der Waals surface area contributed by atoms with Crippen molar-refractivity contribution in [2.24, 2.45) is 0 Å². The molecule has 0 aliphatic rings. The van der Waals surface area contributed by atoms with Gasteiger partial charge < -0.3 is 4.74 Å². The molecule has 0 amide bonds. The Bertz CT molecular complexity index is 436. The van der Waals surface area contributed by atoms with Gasteiger partial charge in [0.15, 0.2) is 0 Å². The van der Waals surface area contributed by atoms with Gasteiger partial charge in [-0.25, -0.2) is 0 Å². The van der Waals surface area contributed by atoms with Crippen molar-refractivity contribution in [3.8, 4) is 5.75 Å². The summed E-state index contributed by atoms with van der Waals surface area (Å²) in [4.78, 5) is 10.4. The van der Waals surface area contributed by atoms with E-state index in [1.54, 1.807) is 31.2 Å². The Morgan fingerprint density at radius 1 is 1.31 bits per heavy atom. The van der Waals surface area contributed by atoms with Crippen LogP contribution in [-0.4, -0.2) is 4.92 Å². The van der Waals surface area contributed by atoms with E-state index in [4.69, 9.17) is 4.74 Å². The minimum atomic E-state index is -0.453. The zero-order chi connectivity index (χ0) is 12.0. The summed E-state index contributed by atoms with van der Waals surface area (Å²) in [5.74, 6) is 0.267. The standard InChI is InChI=1S/C12H13NO3/c1-3-6-10-7-5-8-11(13(14)15)12(10)16-9-4-2/h3-9H,1-2H3/b6-3+,9-4+. The molecule has 0 aliphatic carbocycles. The van der Waals surface area contributed by atoms with E-state index < -0.39 is 4.92 Å². The van der Waals surface area contributed by atoms with Crippen LogP contribution in [0.1, 0.15) is 19.4 Å². The first-order chi connectivity index (χ1) is 7.70. The Morgan fingerprint density at radius 3 is 2.62 bits per heavy atom. The maximum atomic E-state index is 10.8. The molecule has 0 spiro atoms. The van der Waals surface area contributed by atoms with E-state index in [0.717, 1.165) is 0 Å². The molecule has 0 radical (unpaired) electrons. The van der Waals surface area contributed by atoms with Crippen LogP contribution < -0.4 is 4.74 Å². The molecule has 0 N–H and O–H groups in total. The van der Waals surface area contributed by atoms with Gasteiger partial charge in [-0.2, -0.15) is 0 Å². The quantitative estimate of drug-likeness (QED) is 0.442. The van der Waals surface area contributed by atoms with Crippen LogP contribution in [-0.2, 0) is 0 Å². The van der Waals surface area contributed by atoms with Gasteiger partial charge in [0, 0.05) is 11.6 Å². The smallest absolute Gasteiger partial charge is 0.312 e. The highest BCUT2D eigenvalue weighted by Crippen LogP contribution is 2.31. The number of hydrogen-bond acceptors (Lipinski definition) is 3. The first-order valence-electron chi connectivity index (χ1n) is 4.88. The Kier molecular flexibility index (Phi) is 4.27. The number of ether oxygens (including phenoxy) is 1. The highest BCUT2D eigenvalue weighted by Gasteiger charge is 2.16. The van der Waals surface area contributed by atoms with Crippen molar-refractivity contribution in [3.05, 3.63) is 52.3 Å². The number of nitrogens with zero attached hydrogens (tertiary/aromatic N) is 1. The van der Waals surface area contributed by atoms with Gasteiger partial charge in [0.05, 0.1) is 11.2 Å². The van der Waals surface area contributed by atoms with E-state index in [1.165, 1.54) is 12.3 Å². The van der Waals surface area contributed by atoms with E-state index in [1.807, 2.05) is 13.0 Å². The van der Waals surface area contributed by atoms with Gasteiger partial charge in [0.2, 0.25) is 5.75 Å². The summed E-state index contributed by atoms with van der Waals surface area (Å²) in [5, 5.41) is 10.8. The molecule has 0 fully saturated rings. The van der Waals surface area contributed by atoms with Crippen LogP contribution in [0.5, 0.6) is 5.75 Å². The SMILES string of the molecule is C/C=C/Oc1c(/C=C/C)cccc1[N+](=O)[O-]. The molecule has 84 valence electrons. The Morgan fingerprint density at radius 2 is 2.06 bits per heavy atom. The third kappa shape index (κ3) is 2.70. The van der Waals surface area contributed by atoms with Crippen LogP contribution in [0.4, 0.5) is 5.69 Å². The number of para-hydroxylation sites is 1. The normalized spacial score (nSPS) is 11.1. The average Bonchev–Trinajstić information content (AvgIpc) is 2.27. The van der Waals surface area contributed by atoms with Crippen molar-refractivity contribution in [1.29, 1.82) is 0 Å². The molecule has 0 saturated heterocycles. The third-order valence-electron chi connectivity index (χ3n) is 1.89. The molecule has 1 rings (SSSR count). The highest BCUT2D eigenvalue weighted by atomic mass is 16.6. The van der Waals surface area contributed by atoms with Crippen molar-refractivity contribution in [2.45, 2.75) is 13.8 Å². The monoisotopic (exact) mass is 219 g/mol. The second kappa shape index (κ2) is 5.70. The van der Waals surface area contributed by atoms with E-state index in [9.17, 15) is 10.1 Å². The molecule has 0 atom stereocenters. The Balaban J connectivity index is 3.28. The minimum Gasteiger partial charge on any atom is -0.457 e. The molecule has 1 aromatic carbocycles. The molecule has 0 aromatic heterocycles. The number of nitro benzene ring substituents is 1. The van der Waals surface area contributed by atoms with Crippen molar-refractivity contribution in [2.75, 3.05) is 0 Å². The van der Waals surface area contributed by atoms with Gasteiger partial charge in [-0.05, 0) is 13.8 Å². The van der Waals surface area contributed by atoms with Gasteiger partial charge in [0.1, 0.15) is 0 Å². The Hall–Kier alpha value is -2.10. The van der Waals surface area contributed by atoms with E-state index in [-0.39, 0.29) is 11.4 Å². The first-order valence-corrected chi connectivity index (χ1v) is 4.88. The molecule has 4 nitrogen and oxygen atoms in total. The van der Waals surface area contributed by atoms with Crippen LogP contribution in [0.15, 0.2) is 36.6 Å². The fraction of sp³-hybridized carbons (Fsp3) is 0.167. The van der Waals surface area contributed by atoms with Gasteiger partial charge in [-0.1, -0.05) is 30.4 Å². The van der Waals surface area contributed by atoms with Crippen molar-refractivity contribution >= 4 is 11.8 Å². The summed E-state index contributed by atoms with van der Waals surface area (Å²) in [6.07, 6.45) is 6.68. The fourth-order valence-electron chi connectivity index (χ4n) is 1.26. The maximum absolute atomic E-state index is 10.8. The lowest BCUT2D eigenvalue weighted by atomic mass is 10.1. The van der Waals surface area contributed by atoms with Crippen LogP contribution in [0.2, 0.25) is 0 Å². The second-order valence-electron chi connectivity index (χ2n) is 3.04. The molecule has 0 unspecified atom stereocenters. The number of nitro groups is 1. The van der Waals surface area contributed by atoms with Gasteiger partial charge in [-0.3, -0.25) is 10.1 Å². The molecule has 0 heterocycles. The van der Waals surface area contributed by atoms with Crippen LogP contribution >= 0.6 is 0 Å². The lowest BCUT2D eigenvalue weighted by Gasteiger charge is -2.05. The van der Waals surface area contributed by atoms with E-state index >= 15 is 0 Å². The first kappa shape index (κ1) is 12.0. The predicted octanol–water partition coefficient (Wildman–Crippen LogP) is 3.54. The predicted molar refractivity (Wildman–Crippen MR) is 63.2 cm³/mol. The molecule has 0 saturated carbocycles. The molecular formula is C12H13NO3. The van der Waals surface area contributed by atoms with Crippen molar-refractivity contribution in [1.82, 2.24) is 0 Å². The number of hydrogen-bond donors (Lipinski definition) is 0. The average molecular weight is 219 g/mol.